The lowest BCUT2D eigenvalue weighted by Gasteiger charge is -2.08. The minimum Gasteiger partial charge on any atom is -0.464 e. The highest BCUT2D eigenvalue weighted by molar-refractivity contribution is 7.15. The summed E-state index contributed by atoms with van der Waals surface area (Å²) < 4.78 is 4.80. The fourth-order valence-electron chi connectivity index (χ4n) is 2.00. The monoisotopic (exact) mass is 261 g/mol. The van der Waals surface area contributed by atoms with Crippen molar-refractivity contribution in [3.8, 4) is 10.4 Å². The number of hydrogen-bond donors (Lipinski definition) is 0. The maximum atomic E-state index is 11.8. The molecule has 1 aromatic heterocycles. The predicted molar refractivity (Wildman–Crippen MR) is 73.1 cm³/mol. The molecule has 0 aliphatic rings. The Morgan fingerprint density at radius 3 is 2.39 bits per heavy atom. The number of carbonyl (C=O) groups excluding carboxylic acids is 1. The van der Waals surface area contributed by atoms with Crippen molar-refractivity contribution < 1.29 is 9.53 Å². The molecule has 1 aromatic carbocycles. The lowest BCUT2D eigenvalue weighted by Crippen LogP contribution is -2.04. The van der Waals surface area contributed by atoms with Gasteiger partial charge in [-0.2, -0.15) is 0 Å². The van der Waals surface area contributed by atoms with Gasteiger partial charge in [-0.25, -0.2) is 9.78 Å². The van der Waals surface area contributed by atoms with Crippen molar-refractivity contribution in [2.45, 2.75) is 20.8 Å². The molecule has 0 spiro atoms. The van der Waals surface area contributed by atoms with Crippen LogP contribution in [0.2, 0.25) is 0 Å². The standard InChI is InChI=1S/C14H15NO2S/c1-8-6-5-7-9(2)11(8)13-12(14(16)17-4)15-10(3)18-13/h5-7H,1-4H3. The zero-order chi connectivity index (χ0) is 13.3. The highest BCUT2D eigenvalue weighted by atomic mass is 32.1. The zero-order valence-corrected chi connectivity index (χ0v) is 11.7. The Labute approximate surface area is 110 Å². The van der Waals surface area contributed by atoms with Crippen molar-refractivity contribution >= 4 is 17.3 Å². The second kappa shape index (κ2) is 4.90. The van der Waals surface area contributed by atoms with E-state index in [1.165, 1.54) is 18.4 Å². The number of benzene rings is 1. The Balaban J connectivity index is 2.68. The molecule has 0 radical (unpaired) electrons. The number of hydrogen-bond acceptors (Lipinski definition) is 4. The van der Waals surface area contributed by atoms with E-state index in [4.69, 9.17) is 4.74 Å². The van der Waals surface area contributed by atoms with Crippen LogP contribution < -0.4 is 0 Å². The fourth-order valence-corrected chi connectivity index (χ4v) is 3.09. The van der Waals surface area contributed by atoms with E-state index in [0.29, 0.717) is 5.69 Å². The second-order valence-electron chi connectivity index (χ2n) is 4.17. The molecule has 0 fully saturated rings. The first kappa shape index (κ1) is 12.8. The van der Waals surface area contributed by atoms with Gasteiger partial charge in [0.25, 0.3) is 0 Å². The molecule has 1 heterocycles. The Morgan fingerprint density at radius 1 is 1.22 bits per heavy atom. The van der Waals surface area contributed by atoms with E-state index in [0.717, 1.165) is 26.6 Å². The molecule has 0 N–H and O–H groups in total. The number of nitrogens with zero attached hydrogens (tertiary/aromatic N) is 1. The maximum absolute atomic E-state index is 11.8. The van der Waals surface area contributed by atoms with E-state index >= 15 is 0 Å². The van der Waals surface area contributed by atoms with Gasteiger partial charge in [0.2, 0.25) is 0 Å². The summed E-state index contributed by atoms with van der Waals surface area (Å²) in [6.45, 7) is 5.98. The summed E-state index contributed by atoms with van der Waals surface area (Å²) in [5.74, 6) is -0.378. The molecule has 2 aromatic rings. The molecular weight excluding hydrogens is 246 g/mol. The number of methoxy groups -OCH3 is 1. The summed E-state index contributed by atoms with van der Waals surface area (Å²) in [7, 11) is 1.38. The number of thiazole rings is 1. The first-order valence-electron chi connectivity index (χ1n) is 5.67. The quantitative estimate of drug-likeness (QED) is 0.776. The fraction of sp³-hybridized carbons (Fsp3) is 0.286. The number of aryl methyl sites for hydroxylation is 3. The van der Waals surface area contributed by atoms with Crippen molar-refractivity contribution in [3.05, 3.63) is 40.0 Å². The molecule has 2 rings (SSSR count). The van der Waals surface area contributed by atoms with E-state index in [1.54, 1.807) is 0 Å². The maximum Gasteiger partial charge on any atom is 0.358 e. The minimum absolute atomic E-state index is 0.378. The summed E-state index contributed by atoms with van der Waals surface area (Å²) >= 11 is 1.53. The molecule has 0 atom stereocenters. The van der Waals surface area contributed by atoms with E-state index in [-0.39, 0.29) is 5.97 Å². The van der Waals surface area contributed by atoms with Crippen LogP contribution in [-0.2, 0) is 4.74 Å². The van der Waals surface area contributed by atoms with Gasteiger partial charge in [0.15, 0.2) is 5.69 Å². The van der Waals surface area contributed by atoms with Crippen molar-refractivity contribution in [2.24, 2.45) is 0 Å². The van der Waals surface area contributed by atoms with Gasteiger partial charge in [-0.15, -0.1) is 11.3 Å². The third-order valence-corrected chi connectivity index (χ3v) is 3.81. The van der Waals surface area contributed by atoms with Gasteiger partial charge in [-0.1, -0.05) is 18.2 Å². The van der Waals surface area contributed by atoms with Gasteiger partial charge in [0.1, 0.15) is 0 Å². The molecule has 0 saturated carbocycles. The van der Waals surface area contributed by atoms with Crippen molar-refractivity contribution in [1.29, 1.82) is 0 Å². The van der Waals surface area contributed by atoms with Crippen LogP contribution >= 0.6 is 11.3 Å². The molecule has 0 amide bonds. The summed E-state index contributed by atoms with van der Waals surface area (Å²) in [5.41, 5.74) is 3.79. The average molecular weight is 261 g/mol. The first-order valence-corrected chi connectivity index (χ1v) is 6.48. The summed E-state index contributed by atoms with van der Waals surface area (Å²) in [6, 6.07) is 6.09. The largest absolute Gasteiger partial charge is 0.464 e. The van der Waals surface area contributed by atoms with Crippen molar-refractivity contribution in [2.75, 3.05) is 7.11 Å². The smallest absolute Gasteiger partial charge is 0.358 e. The average Bonchev–Trinajstić information content (AvgIpc) is 2.70. The van der Waals surface area contributed by atoms with Crippen LogP contribution in [0.5, 0.6) is 0 Å². The lowest BCUT2D eigenvalue weighted by molar-refractivity contribution is 0.0595. The van der Waals surface area contributed by atoms with Gasteiger partial charge < -0.3 is 4.74 Å². The highest BCUT2D eigenvalue weighted by Crippen LogP contribution is 2.35. The summed E-state index contributed by atoms with van der Waals surface area (Å²) in [6.07, 6.45) is 0. The molecule has 4 heteroatoms. The molecule has 0 saturated heterocycles. The highest BCUT2D eigenvalue weighted by Gasteiger charge is 2.20. The van der Waals surface area contributed by atoms with E-state index in [1.807, 2.05) is 39.0 Å². The normalized spacial score (nSPS) is 10.4. The third-order valence-electron chi connectivity index (χ3n) is 2.82. The molecule has 0 aliphatic heterocycles. The van der Waals surface area contributed by atoms with E-state index < -0.39 is 0 Å². The van der Waals surface area contributed by atoms with Gasteiger partial charge in [-0.05, 0) is 31.9 Å². The summed E-state index contributed by atoms with van der Waals surface area (Å²) in [4.78, 5) is 16.9. The molecule has 0 aliphatic carbocycles. The Morgan fingerprint density at radius 2 is 1.83 bits per heavy atom. The van der Waals surface area contributed by atoms with Gasteiger partial charge in [-0.3, -0.25) is 0 Å². The number of ether oxygens (including phenoxy) is 1. The van der Waals surface area contributed by atoms with Crippen molar-refractivity contribution in [3.63, 3.8) is 0 Å². The number of aromatic nitrogens is 1. The molecule has 3 nitrogen and oxygen atoms in total. The predicted octanol–water partition coefficient (Wildman–Crippen LogP) is 3.52. The van der Waals surface area contributed by atoms with Crippen LogP contribution in [0.4, 0.5) is 0 Å². The van der Waals surface area contributed by atoms with Crippen molar-refractivity contribution in [1.82, 2.24) is 4.98 Å². The van der Waals surface area contributed by atoms with Crippen LogP contribution in [0.15, 0.2) is 18.2 Å². The van der Waals surface area contributed by atoms with Gasteiger partial charge >= 0.3 is 5.97 Å². The minimum atomic E-state index is -0.378. The number of esters is 1. The van der Waals surface area contributed by atoms with E-state index in [2.05, 4.69) is 4.98 Å². The molecule has 18 heavy (non-hydrogen) atoms. The molecule has 94 valence electrons. The van der Waals surface area contributed by atoms with E-state index in [9.17, 15) is 4.79 Å². The van der Waals surface area contributed by atoms with Crippen LogP contribution in [-0.4, -0.2) is 18.1 Å². The topological polar surface area (TPSA) is 39.2 Å². The van der Waals surface area contributed by atoms with Crippen LogP contribution in [0, 0.1) is 20.8 Å². The van der Waals surface area contributed by atoms with Crippen LogP contribution in [0.1, 0.15) is 26.6 Å². The molecular formula is C14H15NO2S. The zero-order valence-electron chi connectivity index (χ0n) is 10.9. The first-order chi connectivity index (χ1) is 8.54. The van der Waals surface area contributed by atoms with Crippen LogP contribution in [0.3, 0.4) is 0 Å². The molecule has 0 unspecified atom stereocenters. The van der Waals surface area contributed by atoms with Gasteiger partial charge in [0, 0.05) is 5.56 Å². The lowest BCUT2D eigenvalue weighted by atomic mass is 10.0. The van der Waals surface area contributed by atoms with Crippen LogP contribution in [0.25, 0.3) is 10.4 Å². The third kappa shape index (κ3) is 2.16. The second-order valence-corrected chi connectivity index (χ2v) is 5.37. The van der Waals surface area contributed by atoms with Gasteiger partial charge in [0.05, 0.1) is 17.0 Å². The SMILES string of the molecule is COC(=O)c1nc(C)sc1-c1c(C)cccc1C. The number of rotatable bonds is 2. The number of carbonyl (C=O) groups is 1. The Bertz CT molecular complexity index is 582. The Kier molecular flexibility index (Phi) is 3.48. The molecule has 0 bridgehead atoms. The Hall–Kier alpha value is -1.68. The summed E-state index contributed by atoms with van der Waals surface area (Å²) in [5, 5.41) is 0.869.